The molecule has 0 aliphatic heterocycles. The molecular weight excluding hydrogens is 370 g/mol. The van der Waals surface area contributed by atoms with Gasteiger partial charge in [-0.2, -0.15) is 18.3 Å². The number of pyridine rings is 1. The number of rotatable bonds is 4. The van der Waals surface area contributed by atoms with Gasteiger partial charge in [0.05, 0.1) is 16.8 Å². The number of nitrogens with one attached hydrogen (secondary N) is 1. The van der Waals surface area contributed by atoms with Crippen LogP contribution in [-0.4, -0.2) is 19.7 Å². The summed E-state index contributed by atoms with van der Waals surface area (Å²) in [4.78, 5) is 8.36. The molecule has 0 unspecified atom stereocenters. The minimum Gasteiger partial charge on any atom is -0.331 e. The lowest BCUT2D eigenvalue weighted by molar-refractivity contribution is -0.141. The van der Waals surface area contributed by atoms with Crippen molar-refractivity contribution in [2.45, 2.75) is 13.1 Å². The van der Waals surface area contributed by atoms with Crippen LogP contribution >= 0.6 is 11.3 Å². The summed E-state index contributed by atoms with van der Waals surface area (Å²) < 4.78 is 53.4. The molecular formula is C16H13F4N5S. The molecule has 5 nitrogen and oxygen atoms in total. The lowest BCUT2D eigenvalue weighted by atomic mass is 10.2. The first-order valence-corrected chi connectivity index (χ1v) is 8.22. The zero-order chi connectivity index (χ0) is 18.9. The molecule has 0 saturated carbocycles. The number of thiazole rings is 1. The van der Waals surface area contributed by atoms with Gasteiger partial charge >= 0.3 is 6.18 Å². The Morgan fingerprint density at radius 1 is 1.31 bits per heavy atom. The number of anilines is 1. The maximum Gasteiger partial charge on any atom is 0.435 e. The Balaban J connectivity index is 1.87. The van der Waals surface area contributed by atoms with Gasteiger partial charge in [-0.15, -0.1) is 0 Å². The number of hydrogen-bond acceptors (Lipinski definition) is 5. The molecule has 3 aromatic heterocycles. The second-order valence-corrected chi connectivity index (χ2v) is 6.28. The Morgan fingerprint density at radius 3 is 2.69 bits per heavy atom. The Labute approximate surface area is 150 Å². The Bertz CT molecular complexity index is 958. The van der Waals surface area contributed by atoms with Crippen molar-refractivity contribution in [2.24, 2.45) is 7.05 Å². The highest BCUT2D eigenvalue weighted by Crippen LogP contribution is 2.35. The number of hydrogen-bond donors (Lipinski definition) is 1. The van der Waals surface area contributed by atoms with Gasteiger partial charge in [0.1, 0.15) is 0 Å². The molecule has 0 atom stereocenters. The van der Waals surface area contributed by atoms with Gasteiger partial charge in [-0.3, -0.25) is 9.67 Å². The van der Waals surface area contributed by atoms with E-state index in [0.29, 0.717) is 27.0 Å². The molecule has 0 amide bonds. The summed E-state index contributed by atoms with van der Waals surface area (Å²) in [6, 6.07) is 2.49. The van der Waals surface area contributed by atoms with E-state index in [4.69, 9.17) is 0 Å². The van der Waals surface area contributed by atoms with Gasteiger partial charge < -0.3 is 5.32 Å². The van der Waals surface area contributed by atoms with E-state index in [0.717, 1.165) is 28.3 Å². The lowest BCUT2D eigenvalue weighted by Gasteiger charge is -2.08. The van der Waals surface area contributed by atoms with Gasteiger partial charge in [-0.05, 0) is 19.1 Å². The van der Waals surface area contributed by atoms with Crippen molar-refractivity contribution in [1.82, 2.24) is 19.7 Å². The van der Waals surface area contributed by atoms with Gasteiger partial charge in [0.2, 0.25) is 0 Å². The summed E-state index contributed by atoms with van der Waals surface area (Å²) in [7, 11) is 1.43. The molecule has 3 heterocycles. The highest BCUT2D eigenvalue weighted by atomic mass is 32.1. The molecule has 0 aromatic carbocycles. The molecule has 3 rings (SSSR count). The largest absolute Gasteiger partial charge is 0.435 e. The van der Waals surface area contributed by atoms with Crippen molar-refractivity contribution in [2.75, 3.05) is 5.32 Å². The first kappa shape index (κ1) is 18.1. The van der Waals surface area contributed by atoms with E-state index < -0.39 is 17.7 Å². The van der Waals surface area contributed by atoms with E-state index in [1.54, 1.807) is 13.0 Å². The highest BCUT2D eigenvalue weighted by Gasteiger charge is 2.34. The van der Waals surface area contributed by atoms with Crippen LogP contribution in [0.3, 0.4) is 0 Å². The van der Waals surface area contributed by atoms with Crippen molar-refractivity contribution < 1.29 is 17.6 Å². The van der Waals surface area contributed by atoms with Gasteiger partial charge in [0, 0.05) is 30.7 Å². The van der Waals surface area contributed by atoms with E-state index in [1.165, 1.54) is 25.5 Å². The van der Waals surface area contributed by atoms with Crippen molar-refractivity contribution >= 4 is 22.2 Å². The fraction of sp³-hybridized carbons (Fsp3) is 0.188. The summed E-state index contributed by atoms with van der Waals surface area (Å²) in [5, 5.41) is 6.88. The Morgan fingerprint density at radius 2 is 2.08 bits per heavy atom. The zero-order valence-electron chi connectivity index (χ0n) is 13.7. The fourth-order valence-electron chi connectivity index (χ4n) is 2.29. The standard InChI is InChI=1S/C16H13F4N5S/c1-3-11(9-4-5-21-7-10(9)17)23-15-22-8-13(26-15)12-6-14(16(18,19)20)24-25(12)2/h3-8H,1-2H3,(H,22,23)/b11-3+. The molecule has 0 spiro atoms. The molecule has 10 heteroatoms. The average Bonchev–Trinajstić information content (AvgIpc) is 3.19. The van der Waals surface area contributed by atoms with Crippen LogP contribution in [0.2, 0.25) is 0 Å². The molecule has 0 bridgehead atoms. The van der Waals surface area contributed by atoms with E-state index in [1.807, 2.05) is 0 Å². The van der Waals surface area contributed by atoms with Crippen LogP contribution in [-0.2, 0) is 13.2 Å². The Hall–Kier alpha value is -2.75. The van der Waals surface area contributed by atoms with E-state index in [2.05, 4.69) is 20.4 Å². The monoisotopic (exact) mass is 383 g/mol. The van der Waals surface area contributed by atoms with Gasteiger partial charge in [-0.25, -0.2) is 9.37 Å². The number of alkyl halides is 3. The normalized spacial score (nSPS) is 12.5. The summed E-state index contributed by atoms with van der Waals surface area (Å²) in [6.45, 7) is 1.73. The van der Waals surface area contributed by atoms with Gasteiger partial charge in [0.15, 0.2) is 16.6 Å². The quantitative estimate of drug-likeness (QED) is 0.671. The third kappa shape index (κ3) is 3.59. The van der Waals surface area contributed by atoms with Crippen molar-refractivity contribution in [3.8, 4) is 10.6 Å². The maximum atomic E-state index is 13.9. The van der Waals surface area contributed by atoms with Crippen LogP contribution in [0.5, 0.6) is 0 Å². The molecule has 0 aliphatic carbocycles. The SMILES string of the molecule is C/C=C(/Nc1ncc(-c2cc(C(F)(F)F)nn2C)s1)c1ccncc1F. The predicted octanol–water partition coefficient (Wildman–Crippen LogP) is 4.57. The number of halogens is 4. The van der Waals surface area contributed by atoms with E-state index in [9.17, 15) is 17.6 Å². The van der Waals surface area contributed by atoms with Crippen molar-refractivity contribution in [3.63, 3.8) is 0 Å². The first-order valence-electron chi connectivity index (χ1n) is 7.40. The summed E-state index contributed by atoms with van der Waals surface area (Å²) in [5.74, 6) is -0.494. The van der Waals surface area contributed by atoms with Crippen LogP contribution in [0, 0.1) is 5.82 Å². The topological polar surface area (TPSA) is 55.6 Å². The molecule has 0 saturated heterocycles. The summed E-state index contributed by atoms with van der Waals surface area (Å²) >= 11 is 1.14. The highest BCUT2D eigenvalue weighted by molar-refractivity contribution is 7.18. The minimum atomic E-state index is -4.52. The molecule has 0 aliphatic rings. The number of aryl methyl sites for hydroxylation is 1. The average molecular weight is 383 g/mol. The van der Waals surface area contributed by atoms with E-state index >= 15 is 0 Å². The smallest absolute Gasteiger partial charge is 0.331 e. The number of allylic oxidation sites excluding steroid dienone is 1. The van der Waals surface area contributed by atoms with E-state index in [-0.39, 0.29) is 0 Å². The lowest BCUT2D eigenvalue weighted by Crippen LogP contribution is -2.06. The fourth-order valence-corrected chi connectivity index (χ4v) is 3.17. The molecule has 136 valence electrons. The maximum absolute atomic E-state index is 13.9. The number of nitrogens with zero attached hydrogens (tertiary/aromatic N) is 4. The number of aromatic nitrogens is 4. The molecule has 3 aromatic rings. The van der Waals surface area contributed by atoms with Crippen LogP contribution in [0.1, 0.15) is 18.2 Å². The van der Waals surface area contributed by atoms with Crippen molar-refractivity contribution in [3.05, 3.63) is 53.9 Å². The second kappa shape index (κ2) is 6.87. The first-order chi connectivity index (χ1) is 12.3. The third-order valence-electron chi connectivity index (χ3n) is 3.52. The Kier molecular flexibility index (Phi) is 4.77. The second-order valence-electron chi connectivity index (χ2n) is 5.25. The van der Waals surface area contributed by atoms with Crippen LogP contribution in [0.25, 0.3) is 16.3 Å². The molecule has 0 radical (unpaired) electrons. The molecule has 26 heavy (non-hydrogen) atoms. The molecule has 0 fully saturated rings. The van der Waals surface area contributed by atoms with Crippen molar-refractivity contribution in [1.29, 1.82) is 0 Å². The summed E-state index contributed by atoms with van der Waals surface area (Å²) in [5.41, 5.74) is 0.122. The van der Waals surface area contributed by atoms with Crippen LogP contribution < -0.4 is 5.32 Å². The zero-order valence-corrected chi connectivity index (χ0v) is 14.5. The summed E-state index contributed by atoms with van der Waals surface area (Å²) in [6.07, 6.45) is 1.16. The van der Waals surface area contributed by atoms with Gasteiger partial charge in [0.25, 0.3) is 0 Å². The minimum absolute atomic E-state index is 0.292. The predicted molar refractivity (Wildman–Crippen MR) is 90.8 cm³/mol. The van der Waals surface area contributed by atoms with Gasteiger partial charge in [-0.1, -0.05) is 17.4 Å². The van der Waals surface area contributed by atoms with Crippen LogP contribution in [0.4, 0.5) is 22.7 Å². The van der Waals surface area contributed by atoms with Crippen LogP contribution in [0.15, 0.2) is 36.8 Å². The molecule has 1 N–H and O–H groups in total. The third-order valence-corrected chi connectivity index (χ3v) is 4.46.